The fourth-order valence-corrected chi connectivity index (χ4v) is 0.848. The van der Waals surface area contributed by atoms with Crippen LogP contribution in [0.25, 0.3) is 5.70 Å². The van der Waals surface area contributed by atoms with E-state index < -0.39 is 5.97 Å². The lowest BCUT2D eigenvalue weighted by molar-refractivity contribution is -0.135. The van der Waals surface area contributed by atoms with Gasteiger partial charge in [0.1, 0.15) is 0 Å². The average Bonchev–Trinajstić information content (AvgIpc) is 2.47. The maximum atomic E-state index is 10.3. The first-order chi connectivity index (χ1) is 6.09. The summed E-state index contributed by atoms with van der Waals surface area (Å²) in [5.41, 5.74) is 1.58. The molecular formula is C8H11N3O2. The van der Waals surface area contributed by atoms with Crippen LogP contribution in [-0.4, -0.2) is 26.1 Å². The molecule has 1 heterocycles. The third-order valence-corrected chi connectivity index (χ3v) is 1.54. The summed E-state index contributed by atoms with van der Waals surface area (Å²) in [5.74, 6) is -0.851. The SMILES string of the molecule is C/C(=C\CC(=O)O)n1cc(C)nn1. The molecule has 1 rings (SSSR count). The van der Waals surface area contributed by atoms with Crippen molar-refractivity contribution >= 4 is 11.7 Å². The topological polar surface area (TPSA) is 68.0 Å². The van der Waals surface area contributed by atoms with Crippen molar-refractivity contribution < 1.29 is 9.90 Å². The Kier molecular flexibility index (Phi) is 2.79. The molecular weight excluding hydrogens is 170 g/mol. The van der Waals surface area contributed by atoms with Gasteiger partial charge in [-0.05, 0) is 13.8 Å². The van der Waals surface area contributed by atoms with Crippen LogP contribution < -0.4 is 0 Å². The molecule has 0 aliphatic carbocycles. The van der Waals surface area contributed by atoms with Gasteiger partial charge in [-0.15, -0.1) is 5.10 Å². The second-order valence-electron chi connectivity index (χ2n) is 2.75. The number of hydrogen-bond donors (Lipinski definition) is 1. The number of carboxylic acid groups (broad SMARTS) is 1. The lowest BCUT2D eigenvalue weighted by Crippen LogP contribution is -1.97. The molecule has 1 aromatic rings. The Labute approximate surface area is 75.7 Å². The Morgan fingerprint density at radius 3 is 2.92 bits per heavy atom. The van der Waals surface area contributed by atoms with Crippen molar-refractivity contribution in [3.8, 4) is 0 Å². The number of allylic oxidation sites excluding steroid dienone is 1. The normalized spacial score (nSPS) is 11.7. The maximum Gasteiger partial charge on any atom is 0.307 e. The number of hydrogen-bond acceptors (Lipinski definition) is 3. The van der Waals surface area contributed by atoms with Crippen molar-refractivity contribution in [2.75, 3.05) is 0 Å². The number of carboxylic acids is 1. The highest BCUT2D eigenvalue weighted by molar-refractivity contribution is 5.70. The van der Waals surface area contributed by atoms with Crippen LogP contribution in [0.15, 0.2) is 12.3 Å². The fourth-order valence-electron chi connectivity index (χ4n) is 0.848. The molecule has 5 heteroatoms. The highest BCUT2D eigenvalue weighted by Crippen LogP contribution is 2.02. The number of aryl methyl sites for hydroxylation is 1. The average molecular weight is 181 g/mol. The number of aromatic nitrogens is 3. The Bertz CT molecular complexity index is 341. The van der Waals surface area contributed by atoms with Gasteiger partial charge in [-0.2, -0.15) is 0 Å². The zero-order valence-electron chi connectivity index (χ0n) is 7.56. The summed E-state index contributed by atoms with van der Waals surface area (Å²) in [7, 11) is 0. The van der Waals surface area contributed by atoms with Crippen molar-refractivity contribution in [3.05, 3.63) is 18.0 Å². The van der Waals surface area contributed by atoms with Crippen LogP contribution in [0.4, 0.5) is 0 Å². The minimum atomic E-state index is -0.851. The third-order valence-electron chi connectivity index (χ3n) is 1.54. The molecule has 1 N–H and O–H groups in total. The van der Waals surface area contributed by atoms with Crippen LogP contribution in [0.2, 0.25) is 0 Å². The van der Waals surface area contributed by atoms with E-state index >= 15 is 0 Å². The summed E-state index contributed by atoms with van der Waals surface area (Å²) in [5, 5.41) is 16.0. The lowest BCUT2D eigenvalue weighted by Gasteiger charge is -1.97. The summed E-state index contributed by atoms with van der Waals surface area (Å²) in [4.78, 5) is 10.3. The van der Waals surface area contributed by atoms with Gasteiger partial charge in [0.2, 0.25) is 0 Å². The molecule has 0 aliphatic heterocycles. The molecule has 0 atom stereocenters. The van der Waals surface area contributed by atoms with Crippen LogP contribution in [-0.2, 0) is 4.79 Å². The summed E-state index contributed by atoms with van der Waals surface area (Å²) in [6, 6.07) is 0. The number of aliphatic carboxylic acids is 1. The van der Waals surface area contributed by atoms with Crippen molar-refractivity contribution in [1.82, 2.24) is 15.0 Å². The minimum Gasteiger partial charge on any atom is -0.481 e. The highest BCUT2D eigenvalue weighted by atomic mass is 16.4. The van der Waals surface area contributed by atoms with Gasteiger partial charge in [-0.25, -0.2) is 4.68 Å². The summed E-state index contributed by atoms with van der Waals surface area (Å²) >= 11 is 0. The van der Waals surface area contributed by atoms with E-state index in [1.807, 2.05) is 6.92 Å². The largest absolute Gasteiger partial charge is 0.481 e. The monoisotopic (exact) mass is 181 g/mol. The van der Waals surface area contributed by atoms with Crippen molar-refractivity contribution in [3.63, 3.8) is 0 Å². The van der Waals surface area contributed by atoms with E-state index in [4.69, 9.17) is 5.11 Å². The molecule has 0 bridgehead atoms. The Hall–Kier alpha value is -1.65. The molecule has 0 unspecified atom stereocenters. The van der Waals surface area contributed by atoms with Crippen molar-refractivity contribution in [2.45, 2.75) is 20.3 Å². The first-order valence-electron chi connectivity index (χ1n) is 3.87. The van der Waals surface area contributed by atoms with E-state index in [0.29, 0.717) is 0 Å². The Balaban J connectivity index is 2.72. The molecule has 13 heavy (non-hydrogen) atoms. The minimum absolute atomic E-state index is 0.00470. The van der Waals surface area contributed by atoms with E-state index in [1.165, 1.54) is 0 Å². The van der Waals surface area contributed by atoms with E-state index in [9.17, 15) is 4.79 Å². The van der Waals surface area contributed by atoms with Gasteiger partial charge >= 0.3 is 5.97 Å². The summed E-state index contributed by atoms with van der Waals surface area (Å²) in [6.07, 6.45) is 3.34. The van der Waals surface area contributed by atoms with Crippen LogP contribution in [0.1, 0.15) is 19.0 Å². The number of rotatable bonds is 3. The van der Waals surface area contributed by atoms with E-state index in [-0.39, 0.29) is 6.42 Å². The van der Waals surface area contributed by atoms with Crippen molar-refractivity contribution in [1.29, 1.82) is 0 Å². The Morgan fingerprint density at radius 2 is 2.46 bits per heavy atom. The fraction of sp³-hybridized carbons (Fsp3) is 0.375. The van der Waals surface area contributed by atoms with Gasteiger partial charge in [0, 0.05) is 5.70 Å². The molecule has 0 aliphatic rings. The Morgan fingerprint density at radius 1 is 1.77 bits per heavy atom. The molecule has 5 nitrogen and oxygen atoms in total. The molecule has 0 radical (unpaired) electrons. The van der Waals surface area contributed by atoms with E-state index in [1.54, 1.807) is 23.9 Å². The zero-order chi connectivity index (χ0) is 9.84. The molecule has 0 aromatic carbocycles. The predicted octanol–water partition coefficient (Wildman–Crippen LogP) is 0.922. The maximum absolute atomic E-state index is 10.3. The molecule has 70 valence electrons. The summed E-state index contributed by atoms with van der Waals surface area (Å²) in [6.45, 7) is 3.62. The van der Waals surface area contributed by atoms with Gasteiger partial charge in [-0.3, -0.25) is 4.79 Å². The smallest absolute Gasteiger partial charge is 0.307 e. The van der Waals surface area contributed by atoms with E-state index in [2.05, 4.69) is 10.3 Å². The van der Waals surface area contributed by atoms with Gasteiger partial charge in [0.25, 0.3) is 0 Å². The van der Waals surface area contributed by atoms with Gasteiger partial charge in [0.15, 0.2) is 0 Å². The number of nitrogens with zero attached hydrogens (tertiary/aromatic N) is 3. The molecule has 0 amide bonds. The first kappa shape index (κ1) is 9.44. The standard InChI is InChI=1S/C8H11N3O2/c1-6-5-11(10-9-6)7(2)3-4-8(12)13/h3,5H,4H2,1-2H3,(H,12,13)/b7-3+. The second kappa shape index (κ2) is 3.84. The van der Waals surface area contributed by atoms with Gasteiger partial charge in [-0.1, -0.05) is 11.3 Å². The van der Waals surface area contributed by atoms with E-state index in [0.717, 1.165) is 11.4 Å². The predicted molar refractivity (Wildman–Crippen MR) is 47.0 cm³/mol. The zero-order valence-corrected chi connectivity index (χ0v) is 7.56. The lowest BCUT2D eigenvalue weighted by atomic mass is 10.3. The molecule has 0 saturated carbocycles. The second-order valence-corrected chi connectivity index (χ2v) is 2.75. The van der Waals surface area contributed by atoms with Crippen LogP contribution in [0, 0.1) is 6.92 Å². The van der Waals surface area contributed by atoms with Crippen LogP contribution in [0.3, 0.4) is 0 Å². The number of carbonyl (C=O) groups is 1. The van der Waals surface area contributed by atoms with Crippen LogP contribution in [0.5, 0.6) is 0 Å². The quantitative estimate of drug-likeness (QED) is 0.752. The third kappa shape index (κ3) is 2.70. The van der Waals surface area contributed by atoms with Gasteiger partial charge in [0.05, 0.1) is 18.3 Å². The molecule has 0 saturated heterocycles. The van der Waals surface area contributed by atoms with Crippen molar-refractivity contribution in [2.24, 2.45) is 0 Å². The molecule has 0 fully saturated rings. The van der Waals surface area contributed by atoms with Crippen LogP contribution >= 0.6 is 0 Å². The first-order valence-corrected chi connectivity index (χ1v) is 3.87. The highest BCUT2D eigenvalue weighted by Gasteiger charge is 1.98. The molecule has 1 aromatic heterocycles. The molecule has 0 spiro atoms. The van der Waals surface area contributed by atoms with Gasteiger partial charge < -0.3 is 5.11 Å². The summed E-state index contributed by atoms with van der Waals surface area (Å²) < 4.78 is 1.55.